The van der Waals surface area contributed by atoms with E-state index in [2.05, 4.69) is 15.6 Å². The van der Waals surface area contributed by atoms with E-state index in [1.807, 2.05) is 0 Å². The zero-order valence-electron chi connectivity index (χ0n) is 20.9. The van der Waals surface area contributed by atoms with Gasteiger partial charge in [0.05, 0.1) is 6.42 Å². The summed E-state index contributed by atoms with van der Waals surface area (Å²) < 4.78 is 33.5. The van der Waals surface area contributed by atoms with Crippen molar-refractivity contribution in [3.63, 3.8) is 0 Å². The summed E-state index contributed by atoms with van der Waals surface area (Å²) >= 11 is 0. The Morgan fingerprint density at radius 1 is 1.05 bits per heavy atom. The number of nitrogens with one attached hydrogen (secondary N) is 2. The van der Waals surface area contributed by atoms with Gasteiger partial charge in [-0.3, -0.25) is 19.9 Å². The number of anilines is 1. The van der Waals surface area contributed by atoms with Crippen molar-refractivity contribution in [2.24, 2.45) is 5.73 Å². The SMILES string of the molecule is NC1CCN(C(=O)C=Cc2cnccc2Oc2ccc(NC(=O)NC(=O)Cc3ccc(F)cc3)cc2F)CC1. The lowest BCUT2D eigenvalue weighted by Crippen LogP contribution is -2.42. The third-order valence-corrected chi connectivity index (χ3v) is 6.01. The fraction of sp³-hybridized carbons (Fsp3) is 0.214. The standard InChI is InChI=1S/C28H27F2N5O4/c29-20-4-1-18(2-5-20)15-26(36)34-28(38)33-22-6-7-25(23(30)16-22)39-24-9-12-32-17-19(24)3-8-27(37)35-13-10-21(31)11-14-35/h1-9,12,16-17,21H,10-11,13-15,31H2,(H2,33,34,36,38). The lowest BCUT2D eigenvalue weighted by atomic mass is 10.1. The van der Waals surface area contributed by atoms with E-state index in [4.69, 9.17) is 10.5 Å². The summed E-state index contributed by atoms with van der Waals surface area (Å²) in [6.45, 7) is 1.18. The van der Waals surface area contributed by atoms with Gasteiger partial charge in [0, 0.05) is 54.9 Å². The maximum atomic E-state index is 14.8. The van der Waals surface area contributed by atoms with Crippen LogP contribution in [0.5, 0.6) is 11.5 Å². The third-order valence-electron chi connectivity index (χ3n) is 6.01. The van der Waals surface area contributed by atoms with Crippen LogP contribution in [-0.2, 0) is 16.0 Å². The molecule has 0 spiro atoms. The Balaban J connectivity index is 1.34. The summed E-state index contributed by atoms with van der Waals surface area (Å²) in [5.41, 5.74) is 6.98. The number of nitrogens with zero attached hydrogens (tertiary/aromatic N) is 2. The van der Waals surface area contributed by atoms with Crippen LogP contribution in [0.2, 0.25) is 0 Å². The molecule has 1 aliphatic rings. The first-order valence-electron chi connectivity index (χ1n) is 12.3. The largest absolute Gasteiger partial charge is 0.454 e. The number of halogens is 2. The van der Waals surface area contributed by atoms with E-state index < -0.39 is 23.6 Å². The molecular formula is C28H27F2N5O4. The van der Waals surface area contributed by atoms with Gasteiger partial charge in [0.15, 0.2) is 11.6 Å². The minimum atomic E-state index is -0.850. The number of hydrogen-bond acceptors (Lipinski definition) is 6. The van der Waals surface area contributed by atoms with Crippen LogP contribution in [-0.4, -0.2) is 46.9 Å². The average Bonchev–Trinajstić information content (AvgIpc) is 2.91. The molecule has 39 heavy (non-hydrogen) atoms. The Labute approximate surface area is 223 Å². The van der Waals surface area contributed by atoms with E-state index in [0.29, 0.717) is 24.2 Å². The molecule has 9 nitrogen and oxygen atoms in total. The van der Waals surface area contributed by atoms with Crippen molar-refractivity contribution < 1.29 is 27.9 Å². The maximum Gasteiger partial charge on any atom is 0.325 e. The van der Waals surface area contributed by atoms with E-state index in [1.54, 1.807) is 11.0 Å². The number of imide groups is 1. The highest BCUT2D eigenvalue weighted by Crippen LogP contribution is 2.29. The molecular weight excluding hydrogens is 508 g/mol. The molecule has 11 heteroatoms. The Morgan fingerprint density at radius 2 is 1.79 bits per heavy atom. The van der Waals surface area contributed by atoms with Gasteiger partial charge in [-0.25, -0.2) is 13.6 Å². The Bertz CT molecular complexity index is 1370. The zero-order chi connectivity index (χ0) is 27.8. The van der Waals surface area contributed by atoms with Gasteiger partial charge >= 0.3 is 6.03 Å². The van der Waals surface area contributed by atoms with Crippen LogP contribution in [0.25, 0.3) is 6.08 Å². The lowest BCUT2D eigenvalue weighted by molar-refractivity contribution is -0.127. The van der Waals surface area contributed by atoms with E-state index in [0.717, 1.165) is 18.9 Å². The quantitative estimate of drug-likeness (QED) is 0.393. The molecule has 0 unspecified atom stereocenters. The highest BCUT2D eigenvalue weighted by atomic mass is 19.1. The van der Waals surface area contributed by atoms with Crippen molar-refractivity contribution >= 4 is 29.6 Å². The van der Waals surface area contributed by atoms with Gasteiger partial charge in [-0.2, -0.15) is 0 Å². The van der Waals surface area contributed by atoms with Crippen LogP contribution in [0, 0.1) is 11.6 Å². The maximum absolute atomic E-state index is 14.8. The highest BCUT2D eigenvalue weighted by molar-refractivity contribution is 6.01. The number of piperidine rings is 1. The van der Waals surface area contributed by atoms with E-state index in [9.17, 15) is 23.2 Å². The number of aromatic nitrogens is 1. The summed E-state index contributed by atoms with van der Waals surface area (Å²) in [5.74, 6) is -1.81. The number of amides is 4. The number of benzene rings is 2. The number of carbonyl (C=O) groups is 3. The topological polar surface area (TPSA) is 127 Å². The first kappa shape index (κ1) is 27.4. The summed E-state index contributed by atoms with van der Waals surface area (Å²) in [7, 11) is 0. The number of pyridine rings is 1. The second-order valence-corrected chi connectivity index (χ2v) is 8.96. The van der Waals surface area contributed by atoms with E-state index in [-0.39, 0.29) is 35.6 Å². The van der Waals surface area contributed by atoms with Crippen molar-refractivity contribution in [3.05, 3.63) is 89.8 Å². The molecule has 2 aromatic carbocycles. The first-order valence-corrected chi connectivity index (χ1v) is 12.3. The number of likely N-dealkylation sites (tertiary alicyclic amines) is 1. The second kappa shape index (κ2) is 12.7. The molecule has 0 bridgehead atoms. The van der Waals surface area contributed by atoms with Gasteiger partial charge in [0.1, 0.15) is 11.6 Å². The smallest absolute Gasteiger partial charge is 0.325 e. The molecule has 1 aromatic heterocycles. The van der Waals surface area contributed by atoms with Crippen LogP contribution in [0.1, 0.15) is 24.0 Å². The van der Waals surface area contributed by atoms with Crippen molar-refractivity contribution in [3.8, 4) is 11.5 Å². The molecule has 202 valence electrons. The van der Waals surface area contributed by atoms with E-state index in [1.165, 1.54) is 60.9 Å². The predicted octanol–water partition coefficient (Wildman–Crippen LogP) is 4.01. The Hall–Kier alpha value is -4.64. The van der Waals surface area contributed by atoms with Crippen LogP contribution in [0.3, 0.4) is 0 Å². The molecule has 0 radical (unpaired) electrons. The zero-order valence-corrected chi connectivity index (χ0v) is 20.9. The molecule has 0 atom stereocenters. The van der Waals surface area contributed by atoms with Gasteiger partial charge in [-0.05, 0) is 54.8 Å². The van der Waals surface area contributed by atoms with Crippen molar-refractivity contribution in [1.82, 2.24) is 15.2 Å². The predicted molar refractivity (Wildman–Crippen MR) is 141 cm³/mol. The molecule has 3 aromatic rings. The van der Waals surface area contributed by atoms with Crippen LogP contribution >= 0.6 is 0 Å². The number of hydrogen-bond donors (Lipinski definition) is 3. The highest BCUT2D eigenvalue weighted by Gasteiger charge is 2.19. The van der Waals surface area contributed by atoms with Gasteiger partial charge < -0.3 is 20.7 Å². The van der Waals surface area contributed by atoms with E-state index >= 15 is 0 Å². The fourth-order valence-corrected chi connectivity index (χ4v) is 3.90. The van der Waals surface area contributed by atoms with Crippen molar-refractivity contribution in [2.75, 3.05) is 18.4 Å². The molecule has 4 N–H and O–H groups in total. The molecule has 1 fully saturated rings. The molecule has 2 heterocycles. The summed E-state index contributed by atoms with van der Waals surface area (Å²) in [4.78, 5) is 42.5. The summed E-state index contributed by atoms with van der Waals surface area (Å²) in [5, 5.41) is 4.51. The van der Waals surface area contributed by atoms with Crippen molar-refractivity contribution in [1.29, 1.82) is 0 Å². The minimum Gasteiger partial charge on any atom is -0.454 e. The molecule has 0 aliphatic carbocycles. The minimum absolute atomic E-state index is 0.0913. The van der Waals surface area contributed by atoms with Gasteiger partial charge in [-0.15, -0.1) is 0 Å². The fourth-order valence-electron chi connectivity index (χ4n) is 3.90. The molecule has 4 amide bonds. The van der Waals surface area contributed by atoms with Crippen LogP contribution in [0.15, 0.2) is 67.0 Å². The number of nitrogens with two attached hydrogens (primary N) is 1. The summed E-state index contributed by atoms with van der Waals surface area (Å²) in [6.07, 6.45) is 7.31. The average molecular weight is 536 g/mol. The van der Waals surface area contributed by atoms with Gasteiger partial charge in [-0.1, -0.05) is 12.1 Å². The second-order valence-electron chi connectivity index (χ2n) is 8.96. The van der Waals surface area contributed by atoms with Gasteiger partial charge in [0.25, 0.3) is 0 Å². The van der Waals surface area contributed by atoms with Crippen LogP contribution < -0.4 is 21.1 Å². The monoisotopic (exact) mass is 535 g/mol. The molecule has 1 saturated heterocycles. The lowest BCUT2D eigenvalue weighted by Gasteiger charge is -2.29. The number of ether oxygens (including phenoxy) is 1. The third kappa shape index (κ3) is 7.92. The first-order chi connectivity index (χ1) is 18.8. The number of carbonyl (C=O) groups excluding carboxylic acids is 3. The Kier molecular flexibility index (Phi) is 8.95. The van der Waals surface area contributed by atoms with Gasteiger partial charge in [0.2, 0.25) is 11.8 Å². The molecule has 4 rings (SSSR count). The van der Waals surface area contributed by atoms with Crippen LogP contribution in [0.4, 0.5) is 19.3 Å². The molecule has 0 saturated carbocycles. The number of rotatable bonds is 7. The summed E-state index contributed by atoms with van der Waals surface area (Å²) in [6, 6.07) is 9.87. The number of urea groups is 1. The normalized spacial score (nSPS) is 13.8. The molecule has 1 aliphatic heterocycles. The Morgan fingerprint density at radius 3 is 2.51 bits per heavy atom. The van der Waals surface area contributed by atoms with Crippen molar-refractivity contribution in [2.45, 2.75) is 25.3 Å².